The molecule has 0 unspecified atom stereocenters. The average molecular weight is 285 g/mol. The second kappa shape index (κ2) is 5.91. The normalized spacial score (nSPS) is 11.2. The number of nitrogens with zero attached hydrogens (tertiary/aromatic N) is 2. The Balaban J connectivity index is 2.18. The number of benzene rings is 1. The SMILES string of the molecule is COC(=O)C(C)(C)Cc1ccc(-c2ccnc(N)n2)cc1. The Morgan fingerprint density at radius 2 is 1.90 bits per heavy atom. The zero-order valence-electron chi connectivity index (χ0n) is 12.5. The van der Waals surface area contributed by atoms with Crippen LogP contribution in [-0.2, 0) is 16.0 Å². The van der Waals surface area contributed by atoms with Gasteiger partial charge in [0.15, 0.2) is 0 Å². The van der Waals surface area contributed by atoms with Crippen LogP contribution in [0.15, 0.2) is 36.5 Å². The van der Waals surface area contributed by atoms with E-state index in [0.29, 0.717) is 6.42 Å². The third-order valence-electron chi connectivity index (χ3n) is 3.31. The first-order valence-corrected chi connectivity index (χ1v) is 6.68. The summed E-state index contributed by atoms with van der Waals surface area (Å²) in [6, 6.07) is 9.70. The Morgan fingerprint density at radius 3 is 2.48 bits per heavy atom. The van der Waals surface area contributed by atoms with Gasteiger partial charge in [0.2, 0.25) is 5.95 Å². The number of nitrogens with two attached hydrogens (primary N) is 1. The van der Waals surface area contributed by atoms with Gasteiger partial charge in [0.25, 0.3) is 0 Å². The molecule has 0 spiro atoms. The summed E-state index contributed by atoms with van der Waals surface area (Å²) in [4.78, 5) is 19.8. The van der Waals surface area contributed by atoms with E-state index in [1.165, 1.54) is 7.11 Å². The molecule has 0 radical (unpaired) electrons. The van der Waals surface area contributed by atoms with E-state index in [1.807, 2.05) is 44.2 Å². The van der Waals surface area contributed by atoms with E-state index in [0.717, 1.165) is 16.8 Å². The molecule has 21 heavy (non-hydrogen) atoms. The fraction of sp³-hybridized carbons (Fsp3) is 0.312. The molecule has 1 aromatic carbocycles. The minimum absolute atomic E-state index is 0.213. The molecule has 5 heteroatoms. The van der Waals surface area contributed by atoms with Crippen LogP contribution < -0.4 is 5.73 Å². The van der Waals surface area contributed by atoms with Crippen molar-refractivity contribution in [2.24, 2.45) is 5.41 Å². The van der Waals surface area contributed by atoms with Gasteiger partial charge in [-0.3, -0.25) is 4.79 Å². The number of hydrogen-bond acceptors (Lipinski definition) is 5. The number of ether oxygens (including phenoxy) is 1. The van der Waals surface area contributed by atoms with Gasteiger partial charge in [-0.25, -0.2) is 9.97 Å². The first kappa shape index (κ1) is 15.0. The highest BCUT2D eigenvalue weighted by atomic mass is 16.5. The zero-order valence-corrected chi connectivity index (χ0v) is 12.5. The van der Waals surface area contributed by atoms with Crippen molar-refractivity contribution in [1.29, 1.82) is 0 Å². The molecule has 0 saturated heterocycles. The fourth-order valence-corrected chi connectivity index (χ4v) is 2.19. The molecule has 0 saturated carbocycles. The molecule has 0 amide bonds. The molecule has 1 heterocycles. The fourth-order valence-electron chi connectivity index (χ4n) is 2.19. The third kappa shape index (κ3) is 3.56. The molecule has 0 aliphatic heterocycles. The van der Waals surface area contributed by atoms with Crippen LogP contribution in [0.2, 0.25) is 0 Å². The number of hydrogen-bond donors (Lipinski definition) is 1. The van der Waals surface area contributed by atoms with Crippen LogP contribution in [0.5, 0.6) is 0 Å². The van der Waals surface area contributed by atoms with Gasteiger partial charge in [0.05, 0.1) is 18.2 Å². The molecule has 2 N–H and O–H groups in total. The first-order valence-electron chi connectivity index (χ1n) is 6.68. The van der Waals surface area contributed by atoms with Gasteiger partial charge >= 0.3 is 5.97 Å². The Hall–Kier alpha value is -2.43. The summed E-state index contributed by atoms with van der Waals surface area (Å²) in [5, 5.41) is 0. The lowest BCUT2D eigenvalue weighted by Crippen LogP contribution is -2.27. The van der Waals surface area contributed by atoms with Gasteiger partial charge in [-0.1, -0.05) is 24.3 Å². The van der Waals surface area contributed by atoms with Crippen LogP contribution in [0.25, 0.3) is 11.3 Å². The summed E-state index contributed by atoms with van der Waals surface area (Å²) >= 11 is 0. The molecule has 2 aromatic rings. The van der Waals surface area contributed by atoms with Gasteiger partial charge in [0.1, 0.15) is 0 Å². The molecule has 0 aliphatic carbocycles. The maximum atomic E-state index is 11.7. The Labute approximate surface area is 124 Å². The lowest BCUT2D eigenvalue weighted by atomic mass is 9.85. The smallest absolute Gasteiger partial charge is 0.311 e. The van der Waals surface area contributed by atoms with Gasteiger partial charge < -0.3 is 10.5 Å². The topological polar surface area (TPSA) is 78.1 Å². The highest BCUT2D eigenvalue weighted by Crippen LogP contribution is 2.25. The van der Waals surface area contributed by atoms with Crippen LogP contribution in [0, 0.1) is 5.41 Å². The number of rotatable bonds is 4. The molecule has 2 rings (SSSR count). The largest absolute Gasteiger partial charge is 0.469 e. The zero-order chi connectivity index (χ0) is 15.5. The van der Waals surface area contributed by atoms with Crippen molar-refractivity contribution in [1.82, 2.24) is 9.97 Å². The van der Waals surface area contributed by atoms with Crippen molar-refractivity contribution < 1.29 is 9.53 Å². The third-order valence-corrected chi connectivity index (χ3v) is 3.31. The standard InChI is InChI=1S/C16H19N3O2/c1-16(2,14(20)21-3)10-11-4-6-12(7-5-11)13-8-9-18-15(17)19-13/h4-9H,10H2,1-3H3,(H2,17,18,19). The summed E-state index contributed by atoms with van der Waals surface area (Å²) < 4.78 is 4.82. The molecular weight excluding hydrogens is 266 g/mol. The molecule has 110 valence electrons. The predicted octanol–water partition coefficient (Wildman–Crippen LogP) is 2.47. The predicted molar refractivity (Wildman–Crippen MR) is 81.4 cm³/mol. The van der Waals surface area contributed by atoms with Crippen LogP contribution in [-0.4, -0.2) is 23.0 Å². The lowest BCUT2D eigenvalue weighted by Gasteiger charge is -2.21. The second-order valence-corrected chi connectivity index (χ2v) is 5.55. The molecule has 1 aromatic heterocycles. The van der Waals surface area contributed by atoms with Crippen molar-refractivity contribution in [2.45, 2.75) is 20.3 Å². The molecule has 0 aliphatic rings. The molecule has 0 bridgehead atoms. The molecular formula is C16H19N3O2. The summed E-state index contributed by atoms with van der Waals surface area (Å²) in [6.45, 7) is 3.75. The highest BCUT2D eigenvalue weighted by molar-refractivity contribution is 5.76. The van der Waals surface area contributed by atoms with E-state index < -0.39 is 5.41 Å². The highest BCUT2D eigenvalue weighted by Gasteiger charge is 2.28. The second-order valence-electron chi connectivity index (χ2n) is 5.55. The van der Waals surface area contributed by atoms with Crippen molar-refractivity contribution >= 4 is 11.9 Å². The quantitative estimate of drug-likeness (QED) is 0.873. The van der Waals surface area contributed by atoms with E-state index in [1.54, 1.807) is 6.20 Å². The van der Waals surface area contributed by atoms with Crippen LogP contribution in [0.4, 0.5) is 5.95 Å². The van der Waals surface area contributed by atoms with Crippen molar-refractivity contribution in [3.63, 3.8) is 0 Å². The number of carbonyl (C=O) groups is 1. The Kier molecular flexibility index (Phi) is 4.21. The van der Waals surface area contributed by atoms with Crippen molar-refractivity contribution in [3.05, 3.63) is 42.1 Å². The first-order chi connectivity index (χ1) is 9.92. The van der Waals surface area contributed by atoms with Crippen molar-refractivity contribution in [3.8, 4) is 11.3 Å². The van der Waals surface area contributed by atoms with E-state index in [4.69, 9.17) is 10.5 Å². The van der Waals surface area contributed by atoms with Crippen LogP contribution in [0.1, 0.15) is 19.4 Å². The van der Waals surface area contributed by atoms with Gasteiger partial charge in [-0.15, -0.1) is 0 Å². The summed E-state index contributed by atoms with van der Waals surface area (Å²) in [5.41, 5.74) is 7.84. The number of aromatic nitrogens is 2. The van der Waals surface area contributed by atoms with Gasteiger partial charge in [-0.05, 0) is 31.9 Å². The Morgan fingerprint density at radius 1 is 1.24 bits per heavy atom. The van der Waals surface area contributed by atoms with E-state index in [2.05, 4.69) is 9.97 Å². The minimum atomic E-state index is -0.546. The maximum absolute atomic E-state index is 11.7. The summed E-state index contributed by atoms with van der Waals surface area (Å²) in [7, 11) is 1.41. The number of nitrogen functional groups attached to an aromatic ring is 1. The summed E-state index contributed by atoms with van der Waals surface area (Å²) in [5.74, 6) is 0.0403. The molecule has 0 atom stereocenters. The van der Waals surface area contributed by atoms with E-state index in [9.17, 15) is 4.79 Å². The molecule has 5 nitrogen and oxygen atoms in total. The minimum Gasteiger partial charge on any atom is -0.469 e. The maximum Gasteiger partial charge on any atom is 0.311 e. The number of esters is 1. The number of anilines is 1. The molecule has 0 fully saturated rings. The van der Waals surface area contributed by atoms with E-state index in [-0.39, 0.29) is 11.9 Å². The van der Waals surface area contributed by atoms with E-state index >= 15 is 0 Å². The monoisotopic (exact) mass is 285 g/mol. The summed E-state index contributed by atoms with van der Waals surface area (Å²) in [6.07, 6.45) is 2.25. The van der Waals surface area contributed by atoms with Crippen LogP contribution in [0.3, 0.4) is 0 Å². The van der Waals surface area contributed by atoms with Gasteiger partial charge in [-0.2, -0.15) is 0 Å². The Bertz CT molecular complexity index is 636. The van der Waals surface area contributed by atoms with Gasteiger partial charge in [0, 0.05) is 11.8 Å². The number of carbonyl (C=O) groups excluding carboxylic acids is 1. The number of methoxy groups -OCH3 is 1. The average Bonchev–Trinajstić information content (AvgIpc) is 2.46. The van der Waals surface area contributed by atoms with Crippen molar-refractivity contribution in [2.75, 3.05) is 12.8 Å². The lowest BCUT2D eigenvalue weighted by molar-refractivity contribution is -0.150. The van der Waals surface area contributed by atoms with Crippen LogP contribution >= 0.6 is 0 Å².